The van der Waals surface area contributed by atoms with Crippen LogP contribution in [0.5, 0.6) is 0 Å². The van der Waals surface area contributed by atoms with Crippen molar-refractivity contribution in [1.82, 2.24) is 4.72 Å². The van der Waals surface area contributed by atoms with Gasteiger partial charge in [-0.3, -0.25) is 4.72 Å². The van der Waals surface area contributed by atoms with Gasteiger partial charge in [-0.05, 0) is 31.1 Å². The number of nitrogens with zero attached hydrogens (tertiary/aromatic N) is 1. The maximum absolute atomic E-state index is 3.13. The third-order valence-corrected chi connectivity index (χ3v) is 4.46. The van der Waals surface area contributed by atoms with Crippen molar-refractivity contribution in [2.24, 2.45) is 0 Å². The molecule has 1 unspecified atom stereocenters. The highest BCUT2D eigenvalue weighted by Crippen LogP contribution is 2.45. The fourth-order valence-corrected chi connectivity index (χ4v) is 3.60. The minimum absolute atomic E-state index is 0.461. The van der Waals surface area contributed by atoms with E-state index in [-0.39, 0.29) is 0 Å². The first-order valence-electron chi connectivity index (χ1n) is 4.14. The van der Waals surface area contributed by atoms with Gasteiger partial charge >= 0.3 is 0 Å². The quantitative estimate of drug-likeness (QED) is 0.757. The Hall–Kier alpha value is -0.320. The van der Waals surface area contributed by atoms with Crippen molar-refractivity contribution in [2.75, 3.05) is 19.0 Å². The molecule has 0 amide bonds. The van der Waals surface area contributed by atoms with Crippen LogP contribution in [0.15, 0.2) is 29.2 Å². The number of benzene rings is 1. The van der Waals surface area contributed by atoms with Gasteiger partial charge in [0.05, 0.1) is 5.69 Å². The largest absolute Gasteiger partial charge is 0.352 e. The molecule has 0 saturated carbocycles. The van der Waals surface area contributed by atoms with Crippen LogP contribution in [0.1, 0.15) is 0 Å². The lowest BCUT2D eigenvalue weighted by molar-refractivity contribution is 1.05. The second-order valence-electron chi connectivity index (χ2n) is 2.83. The summed E-state index contributed by atoms with van der Waals surface area (Å²) in [5, 5.41) is 0. The van der Waals surface area contributed by atoms with Crippen LogP contribution in [0.4, 0.5) is 5.69 Å². The maximum Gasteiger partial charge on any atom is 0.140 e. The first-order valence-corrected chi connectivity index (χ1v) is 5.90. The van der Waals surface area contributed by atoms with Crippen LogP contribution < -0.4 is 9.62 Å². The number of anilines is 1. The number of nitrogens with one attached hydrogen (secondary N) is 1. The van der Waals surface area contributed by atoms with Crippen LogP contribution in [0, 0.1) is 0 Å². The molecule has 0 bridgehead atoms. The van der Waals surface area contributed by atoms with E-state index >= 15 is 0 Å². The van der Waals surface area contributed by atoms with E-state index in [9.17, 15) is 0 Å². The van der Waals surface area contributed by atoms with Gasteiger partial charge in [0.25, 0.3) is 0 Å². The van der Waals surface area contributed by atoms with Crippen molar-refractivity contribution < 1.29 is 0 Å². The molecule has 1 N–H and O–H groups in total. The summed E-state index contributed by atoms with van der Waals surface area (Å²) in [4.78, 5) is 3.67. The molecule has 0 spiro atoms. The normalized spacial score (nSPS) is 20.5. The molecule has 0 saturated heterocycles. The molecule has 1 aliphatic heterocycles. The summed E-state index contributed by atoms with van der Waals surface area (Å²) >= 11 is 3.64. The van der Waals surface area contributed by atoms with E-state index in [0.29, 0.717) is 4.71 Å². The van der Waals surface area contributed by atoms with Crippen LogP contribution in [-0.2, 0) is 0 Å². The van der Waals surface area contributed by atoms with Crippen molar-refractivity contribution >= 4 is 29.4 Å². The van der Waals surface area contributed by atoms with E-state index in [1.807, 2.05) is 18.8 Å². The van der Waals surface area contributed by atoms with E-state index in [2.05, 4.69) is 40.9 Å². The highest BCUT2D eigenvalue weighted by atomic mass is 32.2. The number of hydrogen-bond donors (Lipinski definition) is 1. The molecule has 0 fully saturated rings. The molecule has 1 heterocycles. The fourth-order valence-electron chi connectivity index (χ4n) is 1.35. The number of rotatable bonds is 2. The molecule has 1 atom stereocenters. The smallest absolute Gasteiger partial charge is 0.140 e. The van der Waals surface area contributed by atoms with Gasteiger partial charge in [0.1, 0.15) is 4.71 Å². The zero-order chi connectivity index (χ0) is 9.26. The third kappa shape index (κ3) is 1.66. The summed E-state index contributed by atoms with van der Waals surface area (Å²) in [5.41, 5.74) is 1.33. The van der Waals surface area contributed by atoms with Gasteiger partial charge in [-0.1, -0.05) is 23.9 Å². The van der Waals surface area contributed by atoms with E-state index in [0.717, 1.165) is 0 Å². The van der Waals surface area contributed by atoms with E-state index in [4.69, 9.17) is 0 Å². The first kappa shape index (κ1) is 9.24. The van der Waals surface area contributed by atoms with Crippen molar-refractivity contribution in [3.63, 3.8) is 0 Å². The third-order valence-electron chi connectivity index (χ3n) is 2.01. The molecule has 0 aliphatic carbocycles. The first-order chi connectivity index (χ1) is 6.33. The topological polar surface area (TPSA) is 15.3 Å². The Morgan fingerprint density at radius 2 is 2.23 bits per heavy atom. The Balaban J connectivity index is 2.22. The maximum atomic E-state index is 3.13. The van der Waals surface area contributed by atoms with Gasteiger partial charge in [0.15, 0.2) is 0 Å². The predicted octanol–water partition coefficient (Wildman–Crippen LogP) is 2.38. The molecule has 2 nitrogen and oxygen atoms in total. The number of hydrogen-bond acceptors (Lipinski definition) is 4. The minimum Gasteiger partial charge on any atom is -0.352 e. The summed E-state index contributed by atoms with van der Waals surface area (Å²) in [6.07, 6.45) is 0. The molecule has 0 aromatic heterocycles. The Morgan fingerprint density at radius 3 is 2.92 bits per heavy atom. The molecule has 1 aromatic rings. The zero-order valence-electron chi connectivity index (χ0n) is 7.65. The van der Waals surface area contributed by atoms with Crippen molar-refractivity contribution in [3.8, 4) is 0 Å². The Morgan fingerprint density at radius 1 is 1.46 bits per heavy atom. The second-order valence-corrected chi connectivity index (χ2v) is 5.34. The number of thioether (sulfide) groups is 1. The van der Waals surface area contributed by atoms with Gasteiger partial charge in [-0.2, -0.15) is 0 Å². The van der Waals surface area contributed by atoms with Crippen molar-refractivity contribution in [1.29, 1.82) is 0 Å². The summed E-state index contributed by atoms with van der Waals surface area (Å²) in [7, 11) is 4.09. The second kappa shape index (κ2) is 3.82. The van der Waals surface area contributed by atoms with Crippen molar-refractivity contribution in [3.05, 3.63) is 24.3 Å². The van der Waals surface area contributed by atoms with E-state index in [1.54, 1.807) is 11.9 Å². The van der Waals surface area contributed by atoms with Crippen LogP contribution in [0.2, 0.25) is 0 Å². The Labute approximate surface area is 87.2 Å². The molecular weight excluding hydrogens is 200 g/mol. The molecule has 70 valence electrons. The lowest BCUT2D eigenvalue weighted by Crippen LogP contribution is -2.23. The molecule has 1 aliphatic rings. The van der Waals surface area contributed by atoms with Gasteiger partial charge < -0.3 is 4.90 Å². The van der Waals surface area contributed by atoms with Gasteiger partial charge in [0.2, 0.25) is 0 Å². The Bertz CT molecular complexity index is 303. The molecule has 2 rings (SSSR count). The average molecular weight is 212 g/mol. The Kier molecular flexibility index (Phi) is 2.71. The summed E-state index contributed by atoms with van der Waals surface area (Å²) in [6, 6.07) is 8.51. The summed E-state index contributed by atoms with van der Waals surface area (Å²) in [6.45, 7) is 0. The predicted molar refractivity (Wildman–Crippen MR) is 61.1 cm³/mol. The SMILES string of the molecule is CNSC1Sc2ccccc2N1C. The summed E-state index contributed by atoms with van der Waals surface area (Å²) < 4.78 is 3.59. The molecular formula is C9H12N2S2. The van der Waals surface area contributed by atoms with E-state index < -0.39 is 0 Å². The number of para-hydroxylation sites is 1. The average Bonchev–Trinajstić information content (AvgIpc) is 2.46. The fraction of sp³-hybridized carbons (Fsp3) is 0.333. The van der Waals surface area contributed by atoms with Crippen LogP contribution in [0.25, 0.3) is 0 Å². The van der Waals surface area contributed by atoms with E-state index in [1.165, 1.54) is 10.6 Å². The number of fused-ring (bicyclic) bond motifs is 1. The lowest BCUT2D eigenvalue weighted by atomic mass is 10.3. The van der Waals surface area contributed by atoms with Crippen LogP contribution in [-0.4, -0.2) is 18.8 Å². The lowest BCUT2D eigenvalue weighted by Gasteiger charge is -2.19. The highest BCUT2D eigenvalue weighted by Gasteiger charge is 2.26. The standard InChI is InChI=1S/C9H12N2S2/c1-10-13-9-11(2)7-5-3-4-6-8(7)12-9/h3-6,9-10H,1-2H3. The molecule has 4 heteroatoms. The monoisotopic (exact) mass is 212 g/mol. The van der Waals surface area contributed by atoms with Gasteiger partial charge in [-0.15, -0.1) is 0 Å². The van der Waals surface area contributed by atoms with Gasteiger partial charge in [0, 0.05) is 11.9 Å². The highest BCUT2D eigenvalue weighted by molar-refractivity contribution is 8.16. The minimum atomic E-state index is 0.461. The van der Waals surface area contributed by atoms with Crippen LogP contribution in [0.3, 0.4) is 0 Å². The molecule has 13 heavy (non-hydrogen) atoms. The molecule has 0 radical (unpaired) electrons. The van der Waals surface area contributed by atoms with Crippen LogP contribution >= 0.6 is 23.7 Å². The van der Waals surface area contributed by atoms with Crippen molar-refractivity contribution in [2.45, 2.75) is 9.60 Å². The van der Waals surface area contributed by atoms with Gasteiger partial charge in [-0.25, -0.2) is 0 Å². The molecule has 1 aromatic carbocycles. The zero-order valence-corrected chi connectivity index (χ0v) is 9.28. The summed E-state index contributed by atoms with van der Waals surface area (Å²) in [5.74, 6) is 0.